The number of nitrogens with zero attached hydrogens (tertiary/aromatic N) is 1. The fourth-order valence-electron chi connectivity index (χ4n) is 1.02. The van der Waals surface area contributed by atoms with E-state index < -0.39 is 0 Å². The SMILES string of the molecule is NNCc1nc(-c2cccs2)cs1. The first kappa shape index (κ1) is 8.83. The van der Waals surface area contributed by atoms with Crippen LogP contribution in [0.1, 0.15) is 5.01 Å². The molecule has 68 valence electrons. The number of hydrogen-bond acceptors (Lipinski definition) is 5. The van der Waals surface area contributed by atoms with E-state index in [0.29, 0.717) is 6.54 Å². The third-order valence-electron chi connectivity index (χ3n) is 1.58. The van der Waals surface area contributed by atoms with E-state index in [-0.39, 0.29) is 0 Å². The summed E-state index contributed by atoms with van der Waals surface area (Å²) in [6, 6.07) is 4.10. The number of thiophene rings is 1. The highest BCUT2D eigenvalue weighted by molar-refractivity contribution is 7.14. The van der Waals surface area contributed by atoms with E-state index >= 15 is 0 Å². The Hall–Kier alpha value is -0.750. The summed E-state index contributed by atoms with van der Waals surface area (Å²) in [5, 5.41) is 5.12. The van der Waals surface area contributed by atoms with Crippen LogP contribution in [0.2, 0.25) is 0 Å². The highest BCUT2D eigenvalue weighted by atomic mass is 32.1. The molecule has 3 nitrogen and oxygen atoms in total. The average Bonchev–Trinajstić information content (AvgIpc) is 2.70. The fraction of sp³-hybridized carbons (Fsp3) is 0.125. The van der Waals surface area contributed by atoms with Crippen LogP contribution in [-0.2, 0) is 6.54 Å². The van der Waals surface area contributed by atoms with Gasteiger partial charge in [-0.05, 0) is 11.4 Å². The summed E-state index contributed by atoms with van der Waals surface area (Å²) in [5.74, 6) is 5.21. The smallest absolute Gasteiger partial charge is 0.109 e. The molecule has 2 aromatic rings. The Morgan fingerprint density at radius 2 is 2.38 bits per heavy atom. The Morgan fingerprint density at radius 1 is 1.46 bits per heavy atom. The molecule has 0 aliphatic carbocycles. The van der Waals surface area contributed by atoms with E-state index in [9.17, 15) is 0 Å². The normalized spacial score (nSPS) is 10.5. The minimum absolute atomic E-state index is 0.635. The molecule has 0 saturated heterocycles. The third kappa shape index (κ3) is 1.94. The molecule has 0 unspecified atom stereocenters. The molecule has 0 atom stereocenters. The van der Waals surface area contributed by atoms with Crippen LogP contribution in [0, 0.1) is 0 Å². The first-order chi connectivity index (χ1) is 6.40. The van der Waals surface area contributed by atoms with E-state index in [4.69, 9.17) is 5.84 Å². The predicted molar refractivity (Wildman–Crippen MR) is 56.5 cm³/mol. The summed E-state index contributed by atoms with van der Waals surface area (Å²) in [7, 11) is 0. The lowest BCUT2D eigenvalue weighted by molar-refractivity contribution is 0.737. The molecule has 0 aliphatic heterocycles. The molecule has 0 amide bonds. The molecule has 3 N–H and O–H groups in total. The van der Waals surface area contributed by atoms with Gasteiger partial charge in [0, 0.05) is 5.38 Å². The van der Waals surface area contributed by atoms with Gasteiger partial charge in [0.2, 0.25) is 0 Å². The van der Waals surface area contributed by atoms with Crippen molar-refractivity contribution in [3.05, 3.63) is 27.9 Å². The molecule has 0 aliphatic rings. The van der Waals surface area contributed by atoms with Crippen LogP contribution in [-0.4, -0.2) is 4.98 Å². The van der Waals surface area contributed by atoms with Crippen LogP contribution in [0.15, 0.2) is 22.9 Å². The summed E-state index contributed by atoms with van der Waals surface area (Å²) in [6.45, 7) is 0.635. The summed E-state index contributed by atoms with van der Waals surface area (Å²) < 4.78 is 0. The van der Waals surface area contributed by atoms with E-state index in [2.05, 4.69) is 27.2 Å². The monoisotopic (exact) mass is 211 g/mol. The molecule has 2 aromatic heterocycles. The van der Waals surface area contributed by atoms with Crippen LogP contribution < -0.4 is 11.3 Å². The van der Waals surface area contributed by atoms with Gasteiger partial charge in [0.15, 0.2) is 0 Å². The zero-order valence-corrected chi connectivity index (χ0v) is 8.49. The van der Waals surface area contributed by atoms with Crippen molar-refractivity contribution in [2.45, 2.75) is 6.54 Å². The Bertz CT molecular complexity index is 366. The van der Waals surface area contributed by atoms with Crippen molar-refractivity contribution in [2.75, 3.05) is 0 Å². The summed E-state index contributed by atoms with van der Waals surface area (Å²) in [4.78, 5) is 5.64. The third-order valence-corrected chi connectivity index (χ3v) is 3.32. The van der Waals surface area contributed by atoms with Gasteiger partial charge in [-0.15, -0.1) is 22.7 Å². The van der Waals surface area contributed by atoms with Crippen LogP contribution in [0.3, 0.4) is 0 Å². The van der Waals surface area contributed by atoms with Crippen LogP contribution >= 0.6 is 22.7 Å². The van der Waals surface area contributed by atoms with E-state index in [1.54, 1.807) is 22.7 Å². The number of rotatable bonds is 3. The quantitative estimate of drug-likeness (QED) is 0.601. The highest BCUT2D eigenvalue weighted by Gasteiger charge is 2.03. The van der Waals surface area contributed by atoms with Crippen LogP contribution in [0.4, 0.5) is 0 Å². The van der Waals surface area contributed by atoms with Gasteiger partial charge >= 0.3 is 0 Å². The zero-order chi connectivity index (χ0) is 9.10. The van der Waals surface area contributed by atoms with Gasteiger partial charge in [0.1, 0.15) is 5.01 Å². The Labute approximate surface area is 84.2 Å². The minimum atomic E-state index is 0.635. The number of aromatic nitrogens is 1. The summed E-state index contributed by atoms with van der Waals surface area (Å²) in [6.07, 6.45) is 0. The van der Waals surface area contributed by atoms with Crippen LogP contribution in [0.5, 0.6) is 0 Å². The molecule has 13 heavy (non-hydrogen) atoms. The molecule has 5 heteroatoms. The van der Waals surface area contributed by atoms with Crippen molar-refractivity contribution in [3.8, 4) is 10.6 Å². The first-order valence-electron chi connectivity index (χ1n) is 3.82. The largest absolute Gasteiger partial charge is 0.271 e. The van der Waals surface area contributed by atoms with E-state index in [1.807, 2.05) is 6.07 Å². The second kappa shape index (κ2) is 3.97. The van der Waals surface area contributed by atoms with Gasteiger partial charge < -0.3 is 0 Å². The molecular formula is C8H9N3S2. The van der Waals surface area contributed by atoms with Gasteiger partial charge in [0.25, 0.3) is 0 Å². The molecule has 0 saturated carbocycles. The van der Waals surface area contributed by atoms with Crippen molar-refractivity contribution in [2.24, 2.45) is 5.84 Å². The number of hydrazine groups is 1. The average molecular weight is 211 g/mol. The van der Waals surface area contributed by atoms with Crippen molar-refractivity contribution in [1.29, 1.82) is 0 Å². The summed E-state index contributed by atoms with van der Waals surface area (Å²) in [5.41, 5.74) is 3.64. The van der Waals surface area contributed by atoms with Gasteiger partial charge in [-0.2, -0.15) is 0 Å². The Morgan fingerprint density at radius 3 is 3.08 bits per heavy atom. The lowest BCUT2D eigenvalue weighted by Crippen LogP contribution is -2.20. The maximum Gasteiger partial charge on any atom is 0.109 e. The van der Waals surface area contributed by atoms with Crippen molar-refractivity contribution in [1.82, 2.24) is 10.4 Å². The Balaban J connectivity index is 2.23. The molecule has 0 aromatic carbocycles. The van der Waals surface area contributed by atoms with Gasteiger partial charge in [0.05, 0.1) is 17.1 Å². The van der Waals surface area contributed by atoms with Crippen LogP contribution in [0.25, 0.3) is 10.6 Å². The molecular weight excluding hydrogens is 202 g/mol. The molecule has 2 heterocycles. The second-order valence-electron chi connectivity index (χ2n) is 2.48. The van der Waals surface area contributed by atoms with E-state index in [0.717, 1.165) is 10.7 Å². The van der Waals surface area contributed by atoms with Crippen molar-refractivity contribution >= 4 is 22.7 Å². The van der Waals surface area contributed by atoms with Gasteiger partial charge in [-0.3, -0.25) is 11.3 Å². The van der Waals surface area contributed by atoms with Crippen molar-refractivity contribution in [3.63, 3.8) is 0 Å². The molecule has 0 radical (unpaired) electrons. The second-order valence-corrected chi connectivity index (χ2v) is 4.38. The first-order valence-corrected chi connectivity index (χ1v) is 5.58. The number of nitrogens with one attached hydrogen (secondary N) is 1. The van der Waals surface area contributed by atoms with E-state index in [1.165, 1.54) is 4.88 Å². The predicted octanol–water partition coefficient (Wildman–Crippen LogP) is 1.83. The lowest BCUT2D eigenvalue weighted by atomic mass is 10.4. The van der Waals surface area contributed by atoms with Gasteiger partial charge in [-0.1, -0.05) is 6.07 Å². The molecule has 2 rings (SSSR count). The number of thiazole rings is 1. The van der Waals surface area contributed by atoms with Crippen molar-refractivity contribution < 1.29 is 0 Å². The fourth-order valence-corrected chi connectivity index (χ4v) is 2.52. The molecule has 0 spiro atoms. The highest BCUT2D eigenvalue weighted by Crippen LogP contribution is 2.25. The lowest BCUT2D eigenvalue weighted by Gasteiger charge is -1.90. The zero-order valence-electron chi connectivity index (χ0n) is 6.86. The Kier molecular flexibility index (Phi) is 2.70. The minimum Gasteiger partial charge on any atom is -0.271 e. The molecule has 0 fully saturated rings. The number of nitrogens with two attached hydrogens (primary N) is 1. The molecule has 0 bridgehead atoms. The maximum atomic E-state index is 5.21. The standard InChI is InChI=1S/C8H9N3S2/c9-10-4-8-11-6(5-13-8)7-2-1-3-12-7/h1-3,5,10H,4,9H2. The maximum absolute atomic E-state index is 5.21. The number of hydrogen-bond donors (Lipinski definition) is 2. The topological polar surface area (TPSA) is 50.9 Å². The summed E-state index contributed by atoms with van der Waals surface area (Å²) >= 11 is 3.33. The van der Waals surface area contributed by atoms with Gasteiger partial charge in [-0.25, -0.2) is 4.98 Å².